The van der Waals surface area contributed by atoms with Crippen molar-refractivity contribution in [2.45, 2.75) is 236 Å². The van der Waals surface area contributed by atoms with Gasteiger partial charge in [-0.15, -0.1) is 0 Å². The Hall–Kier alpha value is -10.8. The molecule has 0 bridgehead atoms. The first-order valence-corrected chi connectivity index (χ1v) is 42.4. The summed E-state index contributed by atoms with van der Waals surface area (Å²) >= 11 is 0. The first-order chi connectivity index (χ1) is 56.7. The number of carbonyl (C=O) groups is 15. The lowest BCUT2D eigenvalue weighted by atomic mass is 9.62. The Bertz CT molecular complexity index is 5080. The lowest BCUT2D eigenvalue weighted by Gasteiger charge is -2.58. The molecule has 8 heterocycles. The second-order valence-corrected chi connectivity index (χ2v) is 39.5. The molecule has 4 spiro atoms. The molecule has 646 valence electrons. The molecule has 3 unspecified atom stereocenters. The number of Topliss-reactive ketones (excluding diaryl/α,β-unsaturated/α-hetero) is 4. The molecule has 14 aliphatic rings. The number of phenols is 1. The number of ketones is 4. The van der Waals surface area contributed by atoms with E-state index in [0.29, 0.717) is 61.5 Å². The van der Waals surface area contributed by atoms with Crippen LogP contribution in [0, 0.1) is 28.6 Å². The Morgan fingerprint density at radius 1 is 0.438 bits per heavy atom. The zero-order valence-corrected chi connectivity index (χ0v) is 70.2. The van der Waals surface area contributed by atoms with Crippen LogP contribution in [0.3, 0.4) is 0 Å². The van der Waals surface area contributed by atoms with Crippen LogP contribution in [0.15, 0.2) is 83.8 Å². The molecule has 6 aliphatic carbocycles. The Labute approximate surface area is 699 Å². The van der Waals surface area contributed by atoms with Crippen LogP contribution in [0.2, 0.25) is 0 Å². The SMILES string of the molecule is CC(C)(C)OC(=O)N1CC2(CC(O)C2)C1.CC(C)(C)OC(=O)N1CC2(CC(Oc3ccc4c(c3)C(=O)N(C3CCC(=O)CC3=O)C4=O)C2)C1.Cc1ccc(S(=O)(=O)OC2CC3(C2)CN(C(=O)OC(C)(C)C)C3)cc1.O=C1CCC(N2C(=O)c3ccc(O)cc3C2=O)C(=O)N1.O=C1CCC(N2C(=O)c3ccc(OC4CC5(CNC5)C4)cc3C2=O)C(=O)C1. The third-order valence-corrected chi connectivity index (χ3v) is 25.7. The first kappa shape index (κ1) is 86.5. The number of hydrogen-bond acceptors (Lipinski definition) is 26. The summed E-state index contributed by atoms with van der Waals surface area (Å²) in [5.74, 6) is -4.33. The van der Waals surface area contributed by atoms with Gasteiger partial charge in [-0.05, 0) is 207 Å². The van der Waals surface area contributed by atoms with Gasteiger partial charge in [-0.2, -0.15) is 8.42 Å². The zero-order chi connectivity index (χ0) is 87.3. The van der Waals surface area contributed by atoms with Crippen molar-refractivity contribution in [2.75, 3.05) is 52.4 Å². The highest BCUT2D eigenvalue weighted by atomic mass is 32.2. The van der Waals surface area contributed by atoms with E-state index in [1.54, 1.807) is 75.4 Å². The van der Waals surface area contributed by atoms with Gasteiger partial charge in [-0.3, -0.25) is 81.7 Å². The number of aliphatic hydroxyl groups excluding tert-OH is 1. The average Bonchev–Trinajstić information content (AvgIpc) is 0.958. The number of rotatable bonds is 10. The molecule has 11 fully saturated rings. The molecule has 5 saturated heterocycles. The number of nitrogens with zero attached hydrogens (tertiary/aromatic N) is 6. The number of benzene rings is 4. The van der Waals surface area contributed by atoms with Crippen LogP contribution in [0.1, 0.15) is 233 Å². The van der Waals surface area contributed by atoms with Gasteiger partial charge in [0.2, 0.25) is 11.8 Å². The van der Waals surface area contributed by atoms with Gasteiger partial charge in [-0.1, -0.05) is 17.7 Å². The molecule has 6 saturated carbocycles. The van der Waals surface area contributed by atoms with Gasteiger partial charge in [-0.25, -0.2) is 14.4 Å². The maximum absolute atomic E-state index is 13.0. The monoisotopic (exact) mass is 1690 g/mol. The number of imide groups is 4. The number of phenolic OH excluding ortho intramolecular Hbond substituents is 1. The summed E-state index contributed by atoms with van der Waals surface area (Å²) in [5, 5.41) is 24.0. The molecule has 121 heavy (non-hydrogen) atoms. The van der Waals surface area contributed by atoms with Crippen molar-refractivity contribution in [1.29, 1.82) is 0 Å². The van der Waals surface area contributed by atoms with Gasteiger partial charge in [0, 0.05) is 93.3 Å². The topological polar surface area (TPSA) is 430 Å². The van der Waals surface area contributed by atoms with E-state index in [2.05, 4.69) is 10.6 Å². The van der Waals surface area contributed by atoms with E-state index in [4.69, 9.17) is 27.9 Å². The van der Waals surface area contributed by atoms with Crippen molar-refractivity contribution >= 4 is 98.8 Å². The van der Waals surface area contributed by atoms with E-state index in [-0.39, 0.29) is 172 Å². The molecule has 33 nitrogen and oxygen atoms in total. The summed E-state index contributed by atoms with van der Waals surface area (Å²) in [5.41, 5.74) is 1.48. The number of aryl methyl sites for hydroxylation is 1. The fourth-order valence-corrected chi connectivity index (χ4v) is 19.4. The third-order valence-electron chi connectivity index (χ3n) is 24.3. The first-order valence-electron chi connectivity index (χ1n) is 41.0. The number of hydrogen-bond donors (Lipinski definition) is 4. The molecule has 0 aromatic heterocycles. The molecule has 3 atom stereocenters. The van der Waals surface area contributed by atoms with Crippen LogP contribution >= 0.6 is 0 Å². The fourth-order valence-electron chi connectivity index (χ4n) is 18.3. The number of aliphatic hydroxyl groups is 1. The van der Waals surface area contributed by atoms with Gasteiger partial charge in [0.15, 0.2) is 11.6 Å². The van der Waals surface area contributed by atoms with Gasteiger partial charge in [0.05, 0.1) is 81.5 Å². The summed E-state index contributed by atoms with van der Waals surface area (Å²) in [6.45, 7) is 24.6. The lowest BCUT2D eigenvalue weighted by molar-refractivity contribution is -0.137. The maximum Gasteiger partial charge on any atom is 0.410 e. The van der Waals surface area contributed by atoms with Crippen LogP contribution in [-0.2, 0) is 57.3 Å². The number of nitrogens with one attached hydrogen (secondary N) is 2. The van der Waals surface area contributed by atoms with E-state index < -0.39 is 92.3 Å². The molecule has 34 heteroatoms. The lowest BCUT2D eigenvalue weighted by Crippen LogP contribution is -2.66. The molecule has 0 radical (unpaired) electrons. The minimum Gasteiger partial charge on any atom is -0.508 e. The second-order valence-electron chi connectivity index (χ2n) is 37.9. The summed E-state index contributed by atoms with van der Waals surface area (Å²) in [4.78, 5) is 190. The van der Waals surface area contributed by atoms with Crippen molar-refractivity contribution in [3.8, 4) is 17.2 Å². The predicted molar refractivity (Wildman–Crippen MR) is 425 cm³/mol. The van der Waals surface area contributed by atoms with E-state index in [1.807, 2.05) is 69.2 Å². The van der Waals surface area contributed by atoms with Crippen LogP contribution < -0.4 is 20.1 Å². The van der Waals surface area contributed by atoms with Crippen molar-refractivity contribution in [3.05, 3.63) is 118 Å². The summed E-state index contributed by atoms with van der Waals surface area (Å²) < 4.78 is 58.0. The molecule has 8 aliphatic heterocycles. The van der Waals surface area contributed by atoms with Gasteiger partial charge in [0.1, 0.15) is 57.8 Å². The van der Waals surface area contributed by atoms with Gasteiger partial charge in [0.25, 0.3) is 45.6 Å². The Kier molecular flexibility index (Phi) is 23.0. The fraction of sp³-hybridized carbons (Fsp3) is 0.552. The molecule has 18 rings (SSSR count). The van der Waals surface area contributed by atoms with Crippen LogP contribution in [0.4, 0.5) is 14.4 Å². The normalized spacial score (nSPS) is 24.5. The molecular formula is C87H102N8O25S. The Morgan fingerprint density at radius 3 is 1.17 bits per heavy atom. The highest BCUT2D eigenvalue weighted by Crippen LogP contribution is 2.53. The number of carbonyl (C=O) groups excluding carboxylic acids is 15. The third kappa shape index (κ3) is 18.4. The highest BCUT2D eigenvalue weighted by molar-refractivity contribution is 7.86. The van der Waals surface area contributed by atoms with Crippen LogP contribution in [-0.4, -0.2) is 248 Å². The zero-order valence-electron chi connectivity index (χ0n) is 69.4. The molecular weight excluding hydrogens is 1590 g/mol. The van der Waals surface area contributed by atoms with Crippen molar-refractivity contribution in [2.24, 2.45) is 21.7 Å². The van der Waals surface area contributed by atoms with Crippen LogP contribution in [0.25, 0.3) is 0 Å². The average molecular weight is 1690 g/mol. The molecule has 4 aromatic carbocycles. The van der Waals surface area contributed by atoms with Crippen molar-refractivity contribution in [1.82, 2.24) is 40.0 Å². The van der Waals surface area contributed by atoms with Crippen LogP contribution in [0.5, 0.6) is 17.2 Å². The quantitative estimate of drug-likeness (QED) is 0.0503. The minimum absolute atomic E-state index is 0.00956. The van der Waals surface area contributed by atoms with Crippen molar-refractivity contribution in [3.63, 3.8) is 0 Å². The predicted octanol–water partition coefficient (Wildman–Crippen LogP) is 8.13. The standard InChI is InChI=1S/C25H28N2O7.C20H20N2O5.C18H25NO5S.C13H10N2O5.C11H19NO3/c1-24(2,3)34-23(32)26-12-25(13-26)10-16(11-25)33-15-5-6-17-18(9-15)22(31)27(21(17)30)19-7-4-14(28)8-20(19)29;23-11-1-4-16(17(24)5-11)22-18(25)14-3-2-12(6-15(14)19(22)26)27-13-7-20(8-13)9-21-10-20;1-13-5-7-15(8-6-13)25(21,22)24-14-9-18(10-14)11-19(12-18)16(20)23-17(2,3)4;16-6-1-2-7-8(5-6)13(20)15(12(7)19)9-3-4-10(17)14-11(9)18;1-10(2,3)15-9(14)12-6-11(7-12)4-8(13)5-11/h5-6,9,16,19H,4,7-8,10-13H2,1-3H3;2-3,6,13,16,21H,1,4-5,7-10H2;5-8,14H,9-12H2,1-4H3;1-2,5,9,16H,3-4H2,(H,14,17,18);8,13H,4-7H2,1-3H3. The Balaban J connectivity index is 0.000000127. The number of ether oxygens (including phenoxy) is 5. The van der Waals surface area contributed by atoms with E-state index >= 15 is 0 Å². The summed E-state index contributed by atoms with van der Waals surface area (Å²) in [6, 6.07) is 17.5. The van der Waals surface area contributed by atoms with Gasteiger partial charge < -0.3 is 53.9 Å². The molecule has 4 N–H and O–H groups in total. The number of likely N-dealkylation sites (tertiary alicyclic amines) is 3. The smallest absolute Gasteiger partial charge is 0.410 e. The summed E-state index contributed by atoms with van der Waals surface area (Å²) in [7, 11) is -3.73. The summed E-state index contributed by atoms with van der Waals surface area (Å²) in [6.07, 6.45) is 5.94. The van der Waals surface area contributed by atoms with E-state index in [1.165, 1.54) is 18.2 Å². The van der Waals surface area contributed by atoms with Crippen molar-refractivity contribution < 1.29 is 118 Å². The minimum atomic E-state index is -3.73. The molecule has 4 aromatic rings. The van der Waals surface area contributed by atoms with Gasteiger partial charge >= 0.3 is 18.3 Å². The number of piperidine rings is 1. The molecule has 11 amide bonds. The number of fused-ring (bicyclic) bond motifs is 3. The maximum atomic E-state index is 13.0. The number of amides is 11. The highest BCUT2D eigenvalue weighted by Gasteiger charge is 2.59. The second kappa shape index (κ2) is 32.2. The largest absolute Gasteiger partial charge is 0.508 e. The van der Waals surface area contributed by atoms with E-state index in [9.17, 15) is 90.5 Å². The Morgan fingerprint density at radius 2 is 0.793 bits per heavy atom. The number of aromatic hydroxyl groups is 1. The van der Waals surface area contributed by atoms with E-state index in [0.717, 1.165) is 85.0 Å².